The molecule has 0 spiro atoms. The van der Waals surface area contributed by atoms with Crippen molar-refractivity contribution < 1.29 is 9.15 Å². The van der Waals surface area contributed by atoms with Gasteiger partial charge in [-0.05, 0) is 46.6 Å². The van der Waals surface area contributed by atoms with Gasteiger partial charge in [0.05, 0.1) is 13.0 Å². The minimum Gasteiger partial charge on any atom is -0.493 e. The second-order valence-corrected chi connectivity index (χ2v) is 5.24. The summed E-state index contributed by atoms with van der Waals surface area (Å²) < 4.78 is 12.1. The third-order valence-electron chi connectivity index (χ3n) is 2.93. The summed E-state index contributed by atoms with van der Waals surface area (Å²) in [6.45, 7) is 2.55. The standard InChI is InChI=1S/C15H13BrN2O2/c1-10-4-2-3-5-11(10)19-9-8-14-18-15-12(20-14)6-7-13(16)17-15/h2-7H,8-9H2,1H3. The number of nitrogens with zero attached hydrogens (tertiary/aromatic N) is 2. The minimum atomic E-state index is 0.527. The number of aryl methyl sites for hydroxylation is 1. The van der Waals surface area contributed by atoms with Crippen LogP contribution in [0.15, 0.2) is 45.4 Å². The van der Waals surface area contributed by atoms with Crippen molar-refractivity contribution in [3.8, 4) is 5.75 Å². The largest absolute Gasteiger partial charge is 0.493 e. The number of benzene rings is 1. The van der Waals surface area contributed by atoms with Crippen LogP contribution in [-0.4, -0.2) is 16.6 Å². The van der Waals surface area contributed by atoms with Gasteiger partial charge >= 0.3 is 0 Å². The van der Waals surface area contributed by atoms with Crippen molar-refractivity contribution in [1.82, 2.24) is 9.97 Å². The molecule has 0 N–H and O–H groups in total. The molecule has 2 heterocycles. The Labute approximate surface area is 124 Å². The monoisotopic (exact) mass is 332 g/mol. The molecule has 2 aromatic heterocycles. The van der Waals surface area contributed by atoms with E-state index in [4.69, 9.17) is 9.15 Å². The Morgan fingerprint density at radius 3 is 2.85 bits per heavy atom. The topological polar surface area (TPSA) is 48.2 Å². The molecule has 0 radical (unpaired) electrons. The molecule has 0 aliphatic carbocycles. The van der Waals surface area contributed by atoms with Crippen LogP contribution in [0.25, 0.3) is 11.2 Å². The van der Waals surface area contributed by atoms with Gasteiger partial charge in [-0.3, -0.25) is 0 Å². The molecular formula is C15H13BrN2O2. The zero-order chi connectivity index (χ0) is 13.9. The highest BCUT2D eigenvalue weighted by atomic mass is 79.9. The van der Waals surface area contributed by atoms with Crippen molar-refractivity contribution >= 4 is 27.2 Å². The van der Waals surface area contributed by atoms with Crippen LogP contribution in [-0.2, 0) is 6.42 Å². The number of hydrogen-bond donors (Lipinski definition) is 0. The van der Waals surface area contributed by atoms with E-state index < -0.39 is 0 Å². The number of para-hydroxylation sites is 1. The fourth-order valence-corrected chi connectivity index (χ4v) is 2.21. The van der Waals surface area contributed by atoms with Crippen LogP contribution in [0, 0.1) is 6.92 Å². The summed E-state index contributed by atoms with van der Waals surface area (Å²) in [5.74, 6) is 1.53. The van der Waals surface area contributed by atoms with Crippen molar-refractivity contribution in [1.29, 1.82) is 0 Å². The van der Waals surface area contributed by atoms with Gasteiger partial charge in [-0.2, -0.15) is 4.98 Å². The lowest BCUT2D eigenvalue weighted by Gasteiger charge is -2.06. The van der Waals surface area contributed by atoms with Crippen molar-refractivity contribution in [3.05, 3.63) is 52.5 Å². The maximum atomic E-state index is 5.73. The predicted molar refractivity (Wildman–Crippen MR) is 79.9 cm³/mol. The molecule has 3 rings (SSSR count). The highest BCUT2D eigenvalue weighted by Crippen LogP contribution is 2.19. The summed E-state index contributed by atoms with van der Waals surface area (Å²) in [5, 5.41) is 0. The average Bonchev–Trinajstić information content (AvgIpc) is 2.83. The Morgan fingerprint density at radius 1 is 1.15 bits per heavy atom. The van der Waals surface area contributed by atoms with Gasteiger partial charge in [0.15, 0.2) is 17.1 Å². The number of pyridine rings is 1. The minimum absolute atomic E-state index is 0.527. The summed E-state index contributed by atoms with van der Waals surface area (Å²) >= 11 is 3.32. The van der Waals surface area contributed by atoms with E-state index in [2.05, 4.69) is 25.9 Å². The first-order valence-electron chi connectivity index (χ1n) is 6.33. The molecule has 5 heteroatoms. The molecular weight excluding hydrogens is 320 g/mol. The van der Waals surface area contributed by atoms with Gasteiger partial charge < -0.3 is 9.15 Å². The second-order valence-electron chi connectivity index (χ2n) is 4.43. The molecule has 20 heavy (non-hydrogen) atoms. The summed E-state index contributed by atoms with van der Waals surface area (Å²) in [5.41, 5.74) is 2.43. The molecule has 1 aromatic carbocycles. The summed E-state index contributed by atoms with van der Waals surface area (Å²) in [6.07, 6.45) is 0.613. The molecule has 3 aromatic rings. The molecule has 0 bridgehead atoms. The van der Waals surface area contributed by atoms with E-state index in [1.165, 1.54) is 0 Å². The predicted octanol–water partition coefficient (Wildman–Crippen LogP) is 3.92. The quantitative estimate of drug-likeness (QED) is 0.679. The number of rotatable bonds is 4. The number of fused-ring (bicyclic) bond motifs is 1. The van der Waals surface area contributed by atoms with Crippen LogP contribution < -0.4 is 4.74 Å². The molecule has 0 saturated carbocycles. The Morgan fingerprint density at radius 2 is 2.00 bits per heavy atom. The zero-order valence-corrected chi connectivity index (χ0v) is 12.6. The van der Waals surface area contributed by atoms with Gasteiger partial charge in [0.1, 0.15) is 10.4 Å². The van der Waals surface area contributed by atoms with E-state index in [-0.39, 0.29) is 0 Å². The van der Waals surface area contributed by atoms with Crippen molar-refractivity contribution in [2.24, 2.45) is 0 Å². The van der Waals surface area contributed by atoms with Gasteiger partial charge in [0, 0.05) is 0 Å². The number of halogens is 1. The fourth-order valence-electron chi connectivity index (χ4n) is 1.91. The highest BCUT2D eigenvalue weighted by Gasteiger charge is 2.07. The average molecular weight is 333 g/mol. The number of oxazole rings is 1. The molecule has 0 amide bonds. The first kappa shape index (κ1) is 13.1. The summed E-state index contributed by atoms with van der Waals surface area (Å²) in [6, 6.07) is 11.6. The van der Waals surface area contributed by atoms with Crippen molar-refractivity contribution in [2.45, 2.75) is 13.3 Å². The molecule has 4 nitrogen and oxygen atoms in total. The van der Waals surface area contributed by atoms with E-state index in [1.807, 2.05) is 43.3 Å². The van der Waals surface area contributed by atoms with Gasteiger partial charge in [0.25, 0.3) is 0 Å². The van der Waals surface area contributed by atoms with Crippen LogP contribution in [0.2, 0.25) is 0 Å². The van der Waals surface area contributed by atoms with Crippen LogP contribution >= 0.6 is 15.9 Å². The van der Waals surface area contributed by atoms with E-state index in [9.17, 15) is 0 Å². The number of aromatic nitrogens is 2. The number of hydrogen-bond acceptors (Lipinski definition) is 4. The van der Waals surface area contributed by atoms with E-state index in [0.29, 0.717) is 30.1 Å². The zero-order valence-electron chi connectivity index (χ0n) is 11.0. The second kappa shape index (κ2) is 5.63. The fraction of sp³-hybridized carbons (Fsp3) is 0.200. The van der Waals surface area contributed by atoms with E-state index >= 15 is 0 Å². The van der Waals surface area contributed by atoms with Crippen LogP contribution in [0.3, 0.4) is 0 Å². The molecule has 0 aliphatic heterocycles. The molecule has 0 aliphatic rings. The lowest BCUT2D eigenvalue weighted by atomic mass is 10.2. The van der Waals surface area contributed by atoms with Crippen molar-refractivity contribution in [2.75, 3.05) is 6.61 Å². The van der Waals surface area contributed by atoms with Crippen LogP contribution in [0.4, 0.5) is 0 Å². The highest BCUT2D eigenvalue weighted by molar-refractivity contribution is 9.10. The third-order valence-corrected chi connectivity index (χ3v) is 3.37. The van der Waals surface area contributed by atoms with Crippen LogP contribution in [0.1, 0.15) is 11.5 Å². The van der Waals surface area contributed by atoms with Crippen LogP contribution in [0.5, 0.6) is 5.75 Å². The van der Waals surface area contributed by atoms with Crippen molar-refractivity contribution in [3.63, 3.8) is 0 Å². The third kappa shape index (κ3) is 2.82. The first-order valence-corrected chi connectivity index (χ1v) is 7.12. The lowest BCUT2D eigenvalue weighted by molar-refractivity contribution is 0.306. The SMILES string of the molecule is Cc1ccccc1OCCc1nc2nc(Br)ccc2o1. The van der Waals surface area contributed by atoms with E-state index in [1.54, 1.807) is 0 Å². The molecule has 0 atom stereocenters. The van der Waals surface area contributed by atoms with E-state index in [0.717, 1.165) is 15.9 Å². The van der Waals surface area contributed by atoms with Gasteiger partial charge in [-0.1, -0.05) is 18.2 Å². The molecule has 102 valence electrons. The molecule has 0 fully saturated rings. The van der Waals surface area contributed by atoms with Gasteiger partial charge in [-0.15, -0.1) is 0 Å². The molecule has 0 unspecified atom stereocenters. The van der Waals surface area contributed by atoms with Gasteiger partial charge in [-0.25, -0.2) is 4.98 Å². The lowest BCUT2D eigenvalue weighted by Crippen LogP contribution is -2.02. The number of ether oxygens (including phenoxy) is 1. The smallest absolute Gasteiger partial charge is 0.200 e. The normalized spacial score (nSPS) is 10.9. The summed E-state index contributed by atoms with van der Waals surface area (Å²) in [4.78, 5) is 8.59. The maximum absolute atomic E-state index is 5.73. The first-order chi connectivity index (χ1) is 9.72. The Kier molecular flexibility index (Phi) is 3.69. The summed E-state index contributed by atoms with van der Waals surface area (Å²) in [7, 11) is 0. The maximum Gasteiger partial charge on any atom is 0.200 e. The Bertz CT molecular complexity index is 740. The Hall–Kier alpha value is -1.88. The molecule has 0 saturated heterocycles. The Balaban J connectivity index is 1.67. The van der Waals surface area contributed by atoms with Gasteiger partial charge in [0.2, 0.25) is 0 Å².